The maximum absolute atomic E-state index is 12.1. The van der Waals surface area contributed by atoms with Gasteiger partial charge in [0.05, 0.1) is 24.3 Å². The molecule has 0 fully saturated rings. The summed E-state index contributed by atoms with van der Waals surface area (Å²) in [6.45, 7) is 5.91. The van der Waals surface area contributed by atoms with Crippen LogP contribution in [-0.4, -0.2) is 30.0 Å². The smallest absolute Gasteiger partial charge is 0.336 e. The summed E-state index contributed by atoms with van der Waals surface area (Å²) < 4.78 is 4.95. The number of hydrogen-bond donors (Lipinski definition) is 0. The van der Waals surface area contributed by atoms with Gasteiger partial charge in [-0.3, -0.25) is 4.98 Å². The minimum Gasteiger partial charge on any atom is -0.466 e. The number of hydrogen-bond acceptors (Lipinski definition) is 4. The van der Waals surface area contributed by atoms with E-state index in [9.17, 15) is 4.79 Å². The standard InChI is InChI=1S/C16H20N2O2/c1-10-7-6-8-14(17-10)13-9-11(2)18(4)12(3)15(13)16(19)20-5/h6-9,13H,1-5H3. The lowest BCUT2D eigenvalue weighted by molar-refractivity contribution is -0.136. The Morgan fingerprint density at radius 3 is 2.60 bits per heavy atom. The summed E-state index contributed by atoms with van der Waals surface area (Å²) in [5.74, 6) is -0.454. The molecule has 0 saturated heterocycles. The van der Waals surface area contributed by atoms with Gasteiger partial charge in [-0.2, -0.15) is 0 Å². The van der Waals surface area contributed by atoms with E-state index in [1.807, 2.05) is 50.9 Å². The molecule has 0 amide bonds. The van der Waals surface area contributed by atoms with E-state index in [0.717, 1.165) is 22.8 Å². The lowest BCUT2D eigenvalue weighted by Gasteiger charge is -2.31. The molecule has 2 rings (SSSR count). The van der Waals surface area contributed by atoms with E-state index in [0.29, 0.717) is 5.57 Å². The predicted octanol–water partition coefficient (Wildman–Crippen LogP) is 2.77. The molecule has 20 heavy (non-hydrogen) atoms. The topological polar surface area (TPSA) is 42.4 Å². The first-order valence-corrected chi connectivity index (χ1v) is 6.60. The maximum Gasteiger partial charge on any atom is 0.336 e. The Morgan fingerprint density at radius 2 is 2.00 bits per heavy atom. The van der Waals surface area contributed by atoms with Crippen LogP contribution in [0.3, 0.4) is 0 Å². The van der Waals surface area contributed by atoms with Gasteiger partial charge in [0.15, 0.2) is 0 Å². The van der Waals surface area contributed by atoms with Gasteiger partial charge < -0.3 is 9.64 Å². The fourth-order valence-electron chi connectivity index (χ4n) is 2.46. The fourth-order valence-corrected chi connectivity index (χ4v) is 2.46. The molecule has 1 aliphatic heterocycles. The van der Waals surface area contributed by atoms with Crippen molar-refractivity contribution in [3.63, 3.8) is 0 Å². The van der Waals surface area contributed by atoms with Crippen molar-refractivity contribution < 1.29 is 9.53 Å². The minimum atomic E-state index is -0.300. The Morgan fingerprint density at radius 1 is 1.30 bits per heavy atom. The normalized spacial score (nSPS) is 18.9. The number of allylic oxidation sites excluding steroid dienone is 3. The third-order valence-corrected chi connectivity index (χ3v) is 3.77. The summed E-state index contributed by atoms with van der Waals surface area (Å²) in [6, 6.07) is 5.86. The third-order valence-electron chi connectivity index (χ3n) is 3.77. The number of nitrogens with zero attached hydrogens (tertiary/aromatic N) is 2. The van der Waals surface area contributed by atoms with Gasteiger partial charge in [0, 0.05) is 24.1 Å². The molecule has 1 aromatic rings. The monoisotopic (exact) mass is 272 g/mol. The molecule has 1 aromatic heterocycles. The highest BCUT2D eigenvalue weighted by Crippen LogP contribution is 2.35. The van der Waals surface area contributed by atoms with Gasteiger partial charge in [-0.15, -0.1) is 0 Å². The van der Waals surface area contributed by atoms with Crippen molar-refractivity contribution in [2.24, 2.45) is 0 Å². The van der Waals surface area contributed by atoms with Crippen LogP contribution in [0.1, 0.15) is 31.2 Å². The summed E-state index contributed by atoms with van der Waals surface area (Å²) in [6.07, 6.45) is 2.06. The van der Waals surface area contributed by atoms with Gasteiger partial charge in [-0.1, -0.05) is 12.1 Å². The molecule has 0 radical (unpaired) electrons. The van der Waals surface area contributed by atoms with Crippen molar-refractivity contribution in [1.82, 2.24) is 9.88 Å². The number of esters is 1. The van der Waals surface area contributed by atoms with Crippen LogP contribution in [0.2, 0.25) is 0 Å². The average molecular weight is 272 g/mol. The summed E-state index contributed by atoms with van der Waals surface area (Å²) in [5, 5.41) is 0. The van der Waals surface area contributed by atoms with Gasteiger partial charge in [-0.05, 0) is 32.9 Å². The van der Waals surface area contributed by atoms with Gasteiger partial charge in [0.2, 0.25) is 0 Å². The third kappa shape index (κ3) is 2.46. The highest BCUT2D eigenvalue weighted by atomic mass is 16.5. The second-order valence-electron chi connectivity index (χ2n) is 5.04. The molecule has 1 atom stereocenters. The van der Waals surface area contributed by atoms with E-state index in [-0.39, 0.29) is 11.9 Å². The molecule has 0 bridgehead atoms. The Hall–Kier alpha value is -2.10. The number of carbonyl (C=O) groups is 1. The zero-order valence-corrected chi connectivity index (χ0v) is 12.6. The molecule has 0 aliphatic carbocycles. The number of rotatable bonds is 2. The van der Waals surface area contributed by atoms with Gasteiger partial charge in [-0.25, -0.2) is 4.79 Å². The van der Waals surface area contributed by atoms with E-state index >= 15 is 0 Å². The first-order chi connectivity index (χ1) is 9.45. The minimum absolute atomic E-state index is 0.154. The molecule has 0 aromatic carbocycles. The van der Waals surface area contributed by atoms with Gasteiger partial charge in [0.1, 0.15) is 0 Å². The highest BCUT2D eigenvalue weighted by molar-refractivity contribution is 5.91. The SMILES string of the molecule is COC(=O)C1=C(C)N(C)C(C)=CC1c1cccc(C)n1. The number of aromatic nitrogens is 1. The molecule has 1 unspecified atom stereocenters. The van der Waals surface area contributed by atoms with Crippen LogP contribution >= 0.6 is 0 Å². The molecule has 0 N–H and O–H groups in total. The number of ether oxygens (including phenoxy) is 1. The molecule has 1 aliphatic rings. The van der Waals surface area contributed by atoms with E-state index < -0.39 is 0 Å². The van der Waals surface area contributed by atoms with Crippen LogP contribution in [-0.2, 0) is 9.53 Å². The number of methoxy groups -OCH3 is 1. The molecule has 4 heteroatoms. The van der Waals surface area contributed by atoms with E-state index in [4.69, 9.17) is 4.74 Å². The van der Waals surface area contributed by atoms with Crippen molar-refractivity contribution in [3.8, 4) is 0 Å². The van der Waals surface area contributed by atoms with Gasteiger partial charge >= 0.3 is 5.97 Å². The van der Waals surface area contributed by atoms with Crippen molar-refractivity contribution >= 4 is 5.97 Å². The van der Waals surface area contributed by atoms with Crippen LogP contribution in [0.5, 0.6) is 0 Å². The van der Waals surface area contributed by atoms with Crippen molar-refractivity contribution in [1.29, 1.82) is 0 Å². The van der Waals surface area contributed by atoms with Crippen LogP contribution < -0.4 is 0 Å². The van der Waals surface area contributed by atoms with Crippen LogP contribution in [0.4, 0.5) is 0 Å². The van der Waals surface area contributed by atoms with Crippen molar-refractivity contribution in [2.75, 3.05) is 14.2 Å². The molecule has 0 saturated carbocycles. The Kier molecular flexibility index (Phi) is 3.93. The van der Waals surface area contributed by atoms with E-state index in [1.165, 1.54) is 7.11 Å². The molecule has 106 valence electrons. The van der Waals surface area contributed by atoms with Crippen molar-refractivity contribution in [3.05, 3.63) is 52.6 Å². The average Bonchev–Trinajstić information content (AvgIpc) is 2.43. The number of aryl methyl sites for hydroxylation is 1. The summed E-state index contributed by atoms with van der Waals surface area (Å²) >= 11 is 0. The van der Waals surface area contributed by atoms with Crippen LogP contribution in [0.25, 0.3) is 0 Å². The Labute approximate surface area is 119 Å². The van der Waals surface area contributed by atoms with Crippen LogP contribution in [0.15, 0.2) is 41.2 Å². The van der Waals surface area contributed by atoms with Crippen molar-refractivity contribution in [2.45, 2.75) is 26.7 Å². The lowest BCUT2D eigenvalue weighted by Crippen LogP contribution is -2.27. The Balaban J connectivity index is 2.56. The van der Waals surface area contributed by atoms with Crippen LogP contribution in [0, 0.1) is 6.92 Å². The summed E-state index contributed by atoms with van der Waals surface area (Å²) in [4.78, 5) is 18.7. The second-order valence-corrected chi connectivity index (χ2v) is 5.04. The molecule has 2 heterocycles. The molecular weight excluding hydrogens is 252 g/mol. The maximum atomic E-state index is 12.1. The zero-order chi connectivity index (χ0) is 14.9. The van der Waals surface area contributed by atoms with E-state index in [1.54, 1.807) is 0 Å². The number of pyridine rings is 1. The quantitative estimate of drug-likeness (QED) is 0.776. The fraction of sp³-hybridized carbons (Fsp3) is 0.375. The van der Waals surface area contributed by atoms with E-state index in [2.05, 4.69) is 11.1 Å². The molecule has 0 spiro atoms. The first-order valence-electron chi connectivity index (χ1n) is 6.60. The largest absolute Gasteiger partial charge is 0.466 e. The Bertz CT molecular complexity index is 602. The first kappa shape index (κ1) is 14.3. The lowest BCUT2D eigenvalue weighted by atomic mass is 9.89. The summed E-state index contributed by atoms with van der Waals surface area (Å²) in [7, 11) is 3.36. The molecular formula is C16H20N2O2. The summed E-state index contributed by atoms with van der Waals surface area (Å²) in [5.41, 5.74) is 4.47. The zero-order valence-electron chi connectivity index (χ0n) is 12.6. The highest BCUT2D eigenvalue weighted by Gasteiger charge is 2.30. The second kappa shape index (κ2) is 5.49. The molecule has 4 nitrogen and oxygen atoms in total. The number of carbonyl (C=O) groups excluding carboxylic acids is 1. The van der Waals surface area contributed by atoms with Gasteiger partial charge in [0.25, 0.3) is 0 Å². The predicted molar refractivity (Wildman–Crippen MR) is 78.0 cm³/mol.